The molecule has 1 aromatic heterocycles. The predicted octanol–water partition coefficient (Wildman–Crippen LogP) is 1.64. The Morgan fingerprint density at radius 3 is 2.71 bits per heavy atom. The molecule has 4 nitrogen and oxygen atoms in total. The summed E-state index contributed by atoms with van der Waals surface area (Å²) in [7, 11) is 0. The topological polar surface area (TPSA) is 59.4 Å². The highest BCUT2D eigenvalue weighted by Crippen LogP contribution is 2.22. The van der Waals surface area contributed by atoms with Crippen LogP contribution in [0.5, 0.6) is 0 Å². The predicted molar refractivity (Wildman–Crippen MR) is 59.9 cm³/mol. The van der Waals surface area contributed by atoms with Crippen molar-refractivity contribution < 1.29 is 19.0 Å². The molecule has 2 unspecified atom stereocenters. The van der Waals surface area contributed by atoms with Gasteiger partial charge in [0.15, 0.2) is 6.10 Å². The Bertz CT molecular complexity index is 367. The van der Waals surface area contributed by atoms with Crippen LogP contribution in [0.1, 0.15) is 31.9 Å². The summed E-state index contributed by atoms with van der Waals surface area (Å²) in [6.07, 6.45) is 0.312. The Hall–Kier alpha value is -1.49. The lowest BCUT2D eigenvalue weighted by atomic mass is 9.95. The van der Waals surface area contributed by atoms with Gasteiger partial charge in [0.25, 0.3) is 0 Å². The Morgan fingerprint density at radius 2 is 2.24 bits per heavy atom. The number of esters is 1. The van der Waals surface area contributed by atoms with Gasteiger partial charge in [-0.15, -0.1) is 0 Å². The smallest absolute Gasteiger partial charge is 0.335 e. The molecule has 0 radical (unpaired) electrons. The number of pyridine rings is 1. The normalized spacial score (nSPS) is 14.1. The first kappa shape index (κ1) is 13.6. The molecule has 2 atom stereocenters. The molecule has 0 aliphatic carbocycles. The van der Waals surface area contributed by atoms with Crippen LogP contribution in [0.15, 0.2) is 18.3 Å². The molecule has 0 spiro atoms. The van der Waals surface area contributed by atoms with E-state index in [9.17, 15) is 14.3 Å². The molecule has 1 rings (SSSR count). The Balaban J connectivity index is 2.83. The van der Waals surface area contributed by atoms with Crippen LogP contribution in [0.4, 0.5) is 4.39 Å². The van der Waals surface area contributed by atoms with Gasteiger partial charge in [-0.3, -0.25) is 4.98 Å². The zero-order valence-electron chi connectivity index (χ0n) is 9.89. The maximum Gasteiger partial charge on any atom is 0.335 e. The van der Waals surface area contributed by atoms with Gasteiger partial charge in [-0.2, -0.15) is 0 Å². The molecule has 94 valence electrons. The Morgan fingerprint density at radius 1 is 1.53 bits per heavy atom. The number of hydrogen-bond donors (Lipinski definition) is 1. The van der Waals surface area contributed by atoms with Crippen molar-refractivity contribution in [3.05, 3.63) is 29.8 Å². The van der Waals surface area contributed by atoms with E-state index < -0.39 is 23.8 Å². The third-order valence-electron chi connectivity index (χ3n) is 2.48. The Kier molecular flexibility index (Phi) is 5.03. The van der Waals surface area contributed by atoms with Gasteiger partial charge < -0.3 is 9.84 Å². The fourth-order valence-electron chi connectivity index (χ4n) is 1.59. The van der Waals surface area contributed by atoms with Crippen LogP contribution in [-0.4, -0.2) is 28.8 Å². The number of carbonyl (C=O) groups excluding carboxylic acids is 1. The number of aromatic nitrogens is 1. The van der Waals surface area contributed by atoms with Crippen LogP contribution in [0.3, 0.4) is 0 Å². The monoisotopic (exact) mass is 241 g/mol. The highest BCUT2D eigenvalue weighted by molar-refractivity contribution is 5.75. The first-order chi connectivity index (χ1) is 8.10. The Labute approximate surface area is 99.4 Å². The van der Waals surface area contributed by atoms with E-state index in [1.807, 2.05) is 6.92 Å². The van der Waals surface area contributed by atoms with Crippen molar-refractivity contribution >= 4 is 5.97 Å². The molecule has 0 saturated carbocycles. The van der Waals surface area contributed by atoms with Gasteiger partial charge in [0.1, 0.15) is 5.82 Å². The van der Waals surface area contributed by atoms with Crippen molar-refractivity contribution in [2.24, 2.45) is 0 Å². The van der Waals surface area contributed by atoms with Crippen LogP contribution in [0.25, 0.3) is 0 Å². The maximum absolute atomic E-state index is 12.7. The highest BCUT2D eigenvalue weighted by Gasteiger charge is 2.28. The molecule has 0 aromatic carbocycles. The summed E-state index contributed by atoms with van der Waals surface area (Å²) in [5.74, 6) is -1.60. The number of nitrogens with zero attached hydrogens (tertiary/aromatic N) is 1. The molecule has 0 fully saturated rings. The van der Waals surface area contributed by atoms with Crippen molar-refractivity contribution in [2.45, 2.75) is 32.3 Å². The van der Waals surface area contributed by atoms with E-state index in [4.69, 9.17) is 4.74 Å². The number of aliphatic hydroxyl groups is 1. The molecule has 0 bridgehead atoms. The average Bonchev–Trinajstić information content (AvgIpc) is 2.32. The summed E-state index contributed by atoms with van der Waals surface area (Å²) in [5.41, 5.74) is 0.481. The molecule has 1 N–H and O–H groups in total. The summed E-state index contributed by atoms with van der Waals surface area (Å²) in [4.78, 5) is 15.3. The van der Waals surface area contributed by atoms with E-state index in [1.54, 1.807) is 6.92 Å². The number of rotatable bonds is 5. The summed E-state index contributed by atoms with van der Waals surface area (Å²) in [6.45, 7) is 3.70. The third kappa shape index (κ3) is 3.49. The second-order valence-electron chi connectivity index (χ2n) is 3.61. The minimum atomic E-state index is -1.27. The SMILES string of the molecule is CCOC(=O)C(O)C(CC)c1ccc(F)cn1. The number of carbonyl (C=O) groups is 1. The largest absolute Gasteiger partial charge is 0.464 e. The van der Waals surface area contributed by atoms with Crippen LogP contribution < -0.4 is 0 Å². The van der Waals surface area contributed by atoms with Gasteiger partial charge in [-0.25, -0.2) is 9.18 Å². The molecule has 5 heteroatoms. The first-order valence-electron chi connectivity index (χ1n) is 5.56. The first-order valence-corrected chi connectivity index (χ1v) is 5.56. The van der Waals surface area contributed by atoms with E-state index in [0.717, 1.165) is 6.20 Å². The fraction of sp³-hybridized carbons (Fsp3) is 0.500. The quantitative estimate of drug-likeness (QED) is 0.796. The number of hydrogen-bond acceptors (Lipinski definition) is 4. The van der Waals surface area contributed by atoms with Gasteiger partial charge in [0, 0.05) is 11.6 Å². The standard InChI is InChI=1S/C12H16FNO3/c1-3-9(11(15)12(16)17-4-2)10-6-5-8(13)7-14-10/h5-7,9,11,15H,3-4H2,1-2H3. The van der Waals surface area contributed by atoms with Crippen molar-refractivity contribution in [2.75, 3.05) is 6.61 Å². The van der Waals surface area contributed by atoms with Gasteiger partial charge >= 0.3 is 5.97 Å². The van der Waals surface area contributed by atoms with E-state index in [-0.39, 0.29) is 6.61 Å². The van der Waals surface area contributed by atoms with Gasteiger partial charge in [0.05, 0.1) is 12.8 Å². The summed E-state index contributed by atoms with van der Waals surface area (Å²) < 4.78 is 17.5. The van der Waals surface area contributed by atoms with Crippen molar-refractivity contribution in [1.82, 2.24) is 4.98 Å². The van der Waals surface area contributed by atoms with Gasteiger partial charge in [-0.05, 0) is 25.5 Å². The lowest BCUT2D eigenvalue weighted by molar-refractivity contribution is -0.154. The van der Waals surface area contributed by atoms with Crippen LogP contribution in [0, 0.1) is 5.82 Å². The number of aliphatic hydroxyl groups excluding tert-OH is 1. The third-order valence-corrected chi connectivity index (χ3v) is 2.48. The number of halogens is 1. The average molecular weight is 241 g/mol. The summed E-state index contributed by atoms with van der Waals surface area (Å²) >= 11 is 0. The van der Waals surface area contributed by atoms with E-state index in [1.165, 1.54) is 12.1 Å². The second-order valence-corrected chi connectivity index (χ2v) is 3.61. The number of ether oxygens (including phenoxy) is 1. The summed E-state index contributed by atoms with van der Waals surface area (Å²) in [6, 6.07) is 2.72. The van der Waals surface area contributed by atoms with E-state index in [2.05, 4.69) is 4.98 Å². The van der Waals surface area contributed by atoms with Crippen LogP contribution >= 0.6 is 0 Å². The molecule has 1 aromatic rings. The zero-order chi connectivity index (χ0) is 12.8. The molecule has 0 saturated heterocycles. The van der Waals surface area contributed by atoms with Gasteiger partial charge in [-0.1, -0.05) is 6.92 Å². The van der Waals surface area contributed by atoms with E-state index in [0.29, 0.717) is 12.1 Å². The van der Waals surface area contributed by atoms with Crippen molar-refractivity contribution in [3.8, 4) is 0 Å². The van der Waals surface area contributed by atoms with Crippen molar-refractivity contribution in [1.29, 1.82) is 0 Å². The lowest BCUT2D eigenvalue weighted by Crippen LogP contribution is -2.30. The fourth-order valence-corrected chi connectivity index (χ4v) is 1.59. The van der Waals surface area contributed by atoms with Crippen molar-refractivity contribution in [3.63, 3.8) is 0 Å². The summed E-state index contributed by atoms with van der Waals surface area (Å²) in [5, 5.41) is 9.82. The minimum absolute atomic E-state index is 0.211. The lowest BCUT2D eigenvalue weighted by Gasteiger charge is -2.19. The van der Waals surface area contributed by atoms with Crippen LogP contribution in [-0.2, 0) is 9.53 Å². The molecule has 0 aliphatic rings. The molecule has 0 aliphatic heterocycles. The maximum atomic E-state index is 12.7. The second kappa shape index (κ2) is 6.30. The highest BCUT2D eigenvalue weighted by atomic mass is 19.1. The van der Waals surface area contributed by atoms with Crippen LogP contribution in [0.2, 0.25) is 0 Å². The zero-order valence-corrected chi connectivity index (χ0v) is 9.89. The molecule has 17 heavy (non-hydrogen) atoms. The molecular formula is C12H16FNO3. The molecule has 1 heterocycles. The molecular weight excluding hydrogens is 225 g/mol. The van der Waals surface area contributed by atoms with E-state index >= 15 is 0 Å². The minimum Gasteiger partial charge on any atom is -0.464 e. The molecule has 0 amide bonds. The van der Waals surface area contributed by atoms with Gasteiger partial charge in [0.2, 0.25) is 0 Å².